The summed E-state index contributed by atoms with van der Waals surface area (Å²) in [7, 11) is 0. The van der Waals surface area contributed by atoms with Crippen molar-refractivity contribution in [2.45, 2.75) is 50.7 Å². The zero-order valence-electron chi connectivity index (χ0n) is 13.6. The first-order chi connectivity index (χ1) is 10.4. The van der Waals surface area contributed by atoms with E-state index in [0.717, 1.165) is 30.8 Å². The minimum Gasteiger partial charge on any atom is -0.357 e. The Balaban J connectivity index is 1.56. The van der Waals surface area contributed by atoms with Crippen molar-refractivity contribution in [2.75, 3.05) is 45.0 Å². The van der Waals surface area contributed by atoms with E-state index in [2.05, 4.69) is 34.2 Å². The summed E-state index contributed by atoms with van der Waals surface area (Å²) in [6.07, 6.45) is 8.03. The van der Waals surface area contributed by atoms with Crippen LogP contribution in [0.3, 0.4) is 0 Å². The number of aliphatic imine (C=N–C) groups is 1. The third-order valence-corrected chi connectivity index (χ3v) is 5.59. The normalized spacial score (nSPS) is 23.7. The average Bonchev–Trinajstić information content (AvgIpc) is 3.17. The topological polar surface area (TPSA) is 39.7 Å². The van der Waals surface area contributed by atoms with Crippen LogP contribution in [0, 0.1) is 0 Å². The summed E-state index contributed by atoms with van der Waals surface area (Å²) in [4.78, 5) is 7.33. The molecule has 1 atom stereocenters. The molecule has 2 saturated heterocycles. The number of guanidine groups is 1. The average molecular weight is 313 g/mol. The van der Waals surface area contributed by atoms with Crippen LogP contribution in [0.1, 0.15) is 45.4 Å². The third-order valence-electron chi connectivity index (χ3n) is 4.21. The number of nitrogens with one attached hydrogen (secondary N) is 2. The van der Waals surface area contributed by atoms with Crippen LogP contribution in [0.25, 0.3) is 0 Å². The second kappa shape index (κ2) is 10.3. The molecule has 1 unspecified atom stereocenters. The highest BCUT2D eigenvalue weighted by Gasteiger charge is 2.15. The quantitative estimate of drug-likeness (QED) is 0.410. The van der Waals surface area contributed by atoms with Crippen molar-refractivity contribution in [1.29, 1.82) is 0 Å². The Morgan fingerprint density at radius 1 is 1.19 bits per heavy atom. The molecule has 2 N–H and O–H groups in total. The number of hydrogen-bond donors (Lipinski definition) is 2. The number of thioether (sulfide) groups is 1. The summed E-state index contributed by atoms with van der Waals surface area (Å²) in [5.41, 5.74) is 0. The summed E-state index contributed by atoms with van der Waals surface area (Å²) in [5.74, 6) is 2.33. The van der Waals surface area contributed by atoms with Gasteiger partial charge in [0.25, 0.3) is 0 Å². The second-order valence-corrected chi connectivity index (χ2v) is 7.45. The van der Waals surface area contributed by atoms with Crippen LogP contribution in [0.5, 0.6) is 0 Å². The van der Waals surface area contributed by atoms with Crippen LogP contribution < -0.4 is 10.6 Å². The van der Waals surface area contributed by atoms with Gasteiger partial charge in [0.2, 0.25) is 0 Å². The summed E-state index contributed by atoms with van der Waals surface area (Å²) < 4.78 is 0. The Morgan fingerprint density at radius 2 is 2.05 bits per heavy atom. The lowest BCUT2D eigenvalue weighted by Gasteiger charge is -2.15. The molecule has 0 aliphatic carbocycles. The fourth-order valence-electron chi connectivity index (χ4n) is 3.00. The van der Waals surface area contributed by atoms with Gasteiger partial charge in [0.1, 0.15) is 0 Å². The maximum atomic E-state index is 4.73. The van der Waals surface area contributed by atoms with Gasteiger partial charge in [-0.2, -0.15) is 11.8 Å². The molecule has 2 fully saturated rings. The molecule has 0 bridgehead atoms. The van der Waals surface area contributed by atoms with Crippen LogP contribution >= 0.6 is 11.8 Å². The third kappa shape index (κ3) is 6.92. The molecule has 21 heavy (non-hydrogen) atoms. The largest absolute Gasteiger partial charge is 0.357 e. The van der Waals surface area contributed by atoms with Gasteiger partial charge in [-0.1, -0.05) is 0 Å². The van der Waals surface area contributed by atoms with E-state index in [1.54, 1.807) is 0 Å². The van der Waals surface area contributed by atoms with Gasteiger partial charge in [0.05, 0.1) is 6.54 Å². The van der Waals surface area contributed by atoms with Crippen molar-refractivity contribution < 1.29 is 0 Å². The fourth-order valence-corrected chi connectivity index (χ4v) is 4.18. The van der Waals surface area contributed by atoms with Crippen LogP contribution in [0.2, 0.25) is 0 Å². The molecule has 0 saturated carbocycles. The van der Waals surface area contributed by atoms with Gasteiger partial charge in [-0.25, -0.2) is 0 Å². The first-order valence-electron chi connectivity index (χ1n) is 8.74. The first-order valence-corrected chi connectivity index (χ1v) is 9.79. The van der Waals surface area contributed by atoms with Crippen molar-refractivity contribution in [1.82, 2.24) is 15.5 Å². The Bertz CT molecular complexity index is 297. The van der Waals surface area contributed by atoms with E-state index in [-0.39, 0.29) is 0 Å². The van der Waals surface area contributed by atoms with Gasteiger partial charge in [0, 0.05) is 18.3 Å². The first kappa shape index (κ1) is 16.9. The van der Waals surface area contributed by atoms with E-state index in [1.807, 2.05) is 0 Å². The highest BCUT2D eigenvalue weighted by molar-refractivity contribution is 8.00. The molecule has 0 aromatic heterocycles. The van der Waals surface area contributed by atoms with Gasteiger partial charge in [-0.05, 0) is 70.8 Å². The van der Waals surface area contributed by atoms with Crippen LogP contribution in [-0.2, 0) is 0 Å². The predicted octanol–water partition coefficient (Wildman–Crippen LogP) is 2.31. The Kier molecular flexibility index (Phi) is 8.33. The zero-order chi connectivity index (χ0) is 14.8. The standard InChI is InChI=1S/C16H32N4S/c1-2-17-16(19-14-15-8-7-13-21-15)18-9-3-4-10-20-11-5-6-12-20/h15H,2-14H2,1H3,(H2,17,18,19). The summed E-state index contributed by atoms with van der Waals surface area (Å²) in [6, 6.07) is 0. The molecule has 2 aliphatic rings. The van der Waals surface area contributed by atoms with E-state index in [1.165, 1.54) is 63.9 Å². The number of nitrogens with zero attached hydrogens (tertiary/aromatic N) is 2. The molecular weight excluding hydrogens is 280 g/mol. The smallest absolute Gasteiger partial charge is 0.191 e. The maximum Gasteiger partial charge on any atom is 0.191 e. The molecule has 4 nitrogen and oxygen atoms in total. The SMILES string of the molecule is CCNC(=NCC1CCCS1)NCCCCN1CCCC1. The monoisotopic (exact) mass is 312 g/mol. The minimum absolute atomic E-state index is 0.746. The van der Waals surface area contributed by atoms with E-state index in [4.69, 9.17) is 4.99 Å². The van der Waals surface area contributed by atoms with E-state index in [0.29, 0.717) is 0 Å². The lowest BCUT2D eigenvalue weighted by Crippen LogP contribution is -2.38. The molecule has 122 valence electrons. The van der Waals surface area contributed by atoms with Crippen molar-refractivity contribution >= 4 is 17.7 Å². The number of unbranched alkanes of at least 4 members (excludes halogenated alkanes) is 1. The zero-order valence-corrected chi connectivity index (χ0v) is 14.4. The highest BCUT2D eigenvalue weighted by atomic mass is 32.2. The molecule has 5 heteroatoms. The Hall–Kier alpha value is -0.420. The lowest BCUT2D eigenvalue weighted by molar-refractivity contribution is 0.330. The van der Waals surface area contributed by atoms with E-state index >= 15 is 0 Å². The number of hydrogen-bond acceptors (Lipinski definition) is 3. The van der Waals surface area contributed by atoms with Gasteiger partial charge in [-0.15, -0.1) is 0 Å². The van der Waals surface area contributed by atoms with Crippen molar-refractivity contribution in [2.24, 2.45) is 4.99 Å². The van der Waals surface area contributed by atoms with Gasteiger partial charge < -0.3 is 15.5 Å². The molecular formula is C16H32N4S. The van der Waals surface area contributed by atoms with Gasteiger partial charge >= 0.3 is 0 Å². The predicted molar refractivity (Wildman–Crippen MR) is 94.4 cm³/mol. The molecule has 2 aliphatic heterocycles. The summed E-state index contributed by atoms with van der Waals surface area (Å²) >= 11 is 2.08. The maximum absolute atomic E-state index is 4.73. The summed E-state index contributed by atoms with van der Waals surface area (Å²) in [6.45, 7) is 8.98. The molecule has 0 aromatic rings. The fraction of sp³-hybridized carbons (Fsp3) is 0.938. The van der Waals surface area contributed by atoms with Crippen LogP contribution in [-0.4, -0.2) is 61.1 Å². The van der Waals surface area contributed by atoms with Gasteiger partial charge in [-0.3, -0.25) is 4.99 Å². The molecule has 0 radical (unpaired) electrons. The lowest BCUT2D eigenvalue weighted by atomic mass is 10.2. The summed E-state index contributed by atoms with van der Waals surface area (Å²) in [5, 5.41) is 7.58. The van der Waals surface area contributed by atoms with Crippen LogP contribution in [0.15, 0.2) is 4.99 Å². The second-order valence-electron chi connectivity index (χ2n) is 6.04. The van der Waals surface area contributed by atoms with E-state index < -0.39 is 0 Å². The molecule has 2 heterocycles. The number of likely N-dealkylation sites (tertiary alicyclic amines) is 1. The number of rotatable bonds is 8. The Labute approximate surface area is 134 Å². The molecule has 0 spiro atoms. The Morgan fingerprint density at radius 3 is 2.76 bits per heavy atom. The molecule has 0 aromatic carbocycles. The molecule has 2 rings (SSSR count). The van der Waals surface area contributed by atoms with Crippen molar-refractivity contribution in [3.05, 3.63) is 0 Å². The minimum atomic E-state index is 0.746. The highest BCUT2D eigenvalue weighted by Crippen LogP contribution is 2.25. The molecule has 0 amide bonds. The van der Waals surface area contributed by atoms with Crippen LogP contribution in [0.4, 0.5) is 0 Å². The van der Waals surface area contributed by atoms with E-state index in [9.17, 15) is 0 Å². The van der Waals surface area contributed by atoms with Crippen molar-refractivity contribution in [3.8, 4) is 0 Å². The van der Waals surface area contributed by atoms with Gasteiger partial charge in [0.15, 0.2) is 5.96 Å². The van der Waals surface area contributed by atoms with Crippen molar-refractivity contribution in [3.63, 3.8) is 0 Å².